The van der Waals surface area contributed by atoms with Crippen molar-refractivity contribution in [2.75, 3.05) is 13.2 Å². The van der Waals surface area contributed by atoms with E-state index in [1.807, 2.05) is 53.8 Å². The molecule has 0 bridgehead atoms. The number of carboxylic acid groups (broad SMARTS) is 1. The van der Waals surface area contributed by atoms with Crippen molar-refractivity contribution in [1.82, 2.24) is 10.6 Å². The SMILES string of the molecule is CCC(C)(CNC(=O)C(CC(F)(F)F)NC(=O)OCC1c2ccccc2-c2ccccc21)C(=O)O. The van der Waals surface area contributed by atoms with E-state index in [9.17, 15) is 32.7 Å². The topological polar surface area (TPSA) is 105 Å². The molecule has 0 saturated heterocycles. The van der Waals surface area contributed by atoms with Crippen LogP contribution in [0, 0.1) is 5.41 Å². The minimum atomic E-state index is -4.75. The van der Waals surface area contributed by atoms with Gasteiger partial charge in [0.2, 0.25) is 5.91 Å². The Morgan fingerprint density at radius 1 is 1.03 bits per heavy atom. The molecule has 2 atom stereocenters. The standard InChI is InChI=1S/C25H27F3N2O5/c1-3-24(2,22(32)33)14-29-21(31)20(12-25(26,27)28)30-23(34)35-13-19-17-10-6-4-8-15(17)16-9-5-7-11-18(16)19/h4-11,19-20H,3,12-14H2,1-2H3,(H,29,31)(H,30,34)(H,32,33). The third-order valence-electron chi connectivity index (χ3n) is 6.34. The van der Waals surface area contributed by atoms with E-state index in [0.717, 1.165) is 22.3 Å². The van der Waals surface area contributed by atoms with Gasteiger partial charge in [0.1, 0.15) is 12.6 Å². The number of nitrogens with one attached hydrogen (secondary N) is 2. The number of halogens is 3. The van der Waals surface area contributed by atoms with Crippen LogP contribution < -0.4 is 10.6 Å². The quantitative estimate of drug-likeness (QED) is 0.479. The monoisotopic (exact) mass is 492 g/mol. The lowest BCUT2D eigenvalue weighted by molar-refractivity contribution is -0.151. The molecule has 0 saturated carbocycles. The maximum atomic E-state index is 13.1. The third-order valence-corrected chi connectivity index (χ3v) is 6.34. The molecule has 2 aromatic carbocycles. The van der Waals surface area contributed by atoms with Crippen LogP contribution in [-0.4, -0.2) is 48.4 Å². The number of amides is 2. The summed E-state index contributed by atoms with van der Waals surface area (Å²) in [6, 6.07) is 13.2. The first-order valence-electron chi connectivity index (χ1n) is 11.1. The maximum absolute atomic E-state index is 13.1. The average Bonchev–Trinajstić information content (AvgIpc) is 3.13. The predicted octanol–water partition coefficient (Wildman–Crippen LogP) is 4.46. The number of fused-ring (bicyclic) bond motifs is 3. The highest BCUT2D eigenvalue weighted by atomic mass is 19.4. The number of alkyl carbamates (subject to hydrolysis) is 1. The van der Waals surface area contributed by atoms with E-state index in [0.29, 0.717) is 0 Å². The molecular weight excluding hydrogens is 465 g/mol. The van der Waals surface area contributed by atoms with Crippen molar-refractivity contribution in [3.63, 3.8) is 0 Å². The van der Waals surface area contributed by atoms with Crippen molar-refractivity contribution >= 4 is 18.0 Å². The fourth-order valence-corrected chi connectivity index (χ4v) is 3.98. The van der Waals surface area contributed by atoms with Gasteiger partial charge in [0.25, 0.3) is 0 Å². The molecule has 2 amide bonds. The Balaban J connectivity index is 1.67. The van der Waals surface area contributed by atoms with E-state index in [1.54, 1.807) is 6.92 Å². The second kappa shape index (κ2) is 10.4. The molecule has 2 unspecified atom stereocenters. The second-order valence-corrected chi connectivity index (χ2v) is 8.78. The molecule has 188 valence electrons. The fraction of sp³-hybridized carbons (Fsp3) is 0.400. The van der Waals surface area contributed by atoms with Crippen LogP contribution in [0.4, 0.5) is 18.0 Å². The fourth-order valence-electron chi connectivity index (χ4n) is 3.98. The van der Waals surface area contributed by atoms with Gasteiger partial charge in [-0.25, -0.2) is 4.79 Å². The minimum Gasteiger partial charge on any atom is -0.481 e. The van der Waals surface area contributed by atoms with Gasteiger partial charge in [-0.2, -0.15) is 13.2 Å². The number of carboxylic acids is 1. The highest BCUT2D eigenvalue weighted by molar-refractivity contribution is 5.86. The summed E-state index contributed by atoms with van der Waals surface area (Å²) in [6.07, 6.45) is -7.40. The zero-order chi connectivity index (χ0) is 25.8. The first-order chi connectivity index (χ1) is 16.4. The maximum Gasteiger partial charge on any atom is 0.407 e. The smallest absolute Gasteiger partial charge is 0.407 e. The third kappa shape index (κ3) is 6.12. The van der Waals surface area contributed by atoms with E-state index in [4.69, 9.17) is 4.74 Å². The Bertz CT molecular complexity index is 1060. The average molecular weight is 492 g/mol. The highest BCUT2D eigenvalue weighted by Gasteiger charge is 2.38. The van der Waals surface area contributed by atoms with Gasteiger partial charge in [-0.3, -0.25) is 9.59 Å². The van der Waals surface area contributed by atoms with Gasteiger partial charge in [0.05, 0.1) is 11.8 Å². The number of carbonyl (C=O) groups excluding carboxylic acids is 2. The molecular formula is C25H27F3N2O5. The van der Waals surface area contributed by atoms with Crippen LogP contribution >= 0.6 is 0 Å². The van der Waals surface area contributed by atoms with Crippen molar-refractivity contribution in [3.05, 3.63) is 59.7 Å². The van der Waals surface area contributed by atoms with Gasteiger partial charge >= 0.3 is 18.2 Å². The molecule has 7 nitrogen and oxygen atoms in total. The molecule has 0 fully saturated rings. The normalized spacial score (nSPS) is 15.3. The number of benzene rings is 2. The Labute approximate surface area is 200 Å². The summed E-state index contributed by atoms with van der Waals surface area (Å²) in [6.45, 7) is 2.43. The summed E-state index contributed by atoms with van der Waals surface area (Å²) in [5.74, 6) is -2.64. The van der Waals surface area contributed by atoms with Crippen LogP contribution in [0.1, 0.15) is 43.7 Å². The van der Waals surface area contributed by atoms with Crippen LogP contribution in [0.5, 0.6) is 0 Å². The molecule has 1 aliphatic rings. The van der Waals surface area contributed by atoms with E-state index >= 15 is 0 Å². The van der Waals surface area contributed by atoms with E-state index in [2.05, 4.69) is 5.32 Å². The number of hydrogen-bond donors (Lipinski definition) is 3. The second-order valence-electron chi connectivity index (χ2n) is 8.78. The molecule has 0 heterocycles. The molecule has 3 rings (SSSR count). The number of hydrogen-bond acceptors (Lipinski definition) is 4. The number of alkyl halides is 3. The molecule has 10 heteroatoms. The van der Waals surface area contributed by atoms with Crippen LogP contribution in [0.3, 0.4) is 0 Å². The van der Waals surface area contributed by atoms with Gasteiger partial charge in [0, 0.05) is 12.5 Å². The summed E-state index contributed by atoms with van der Waals surface area (Å²) in [7, 11) is 0. The van der Waals surface area contributed by atoms with Crippen molar-refractivity contribution in [2.24, 2.45) is 5.41 Å². The van der Waals surface area contributed by atoms with Gasteiger partial charge in [0.15, 0.2) is 0 Å². The number of rotatable bonds is 9. The van der Waals surface area contributed by atoms with Gasteiger partial charge in [-0.05, 0) is 35.6 Å². The zero-order valence-corrected chi connectivity index (χ0v) is 19.3. The summed E-state index contributed by atoms with van der Waals surface area (Å²) in [5, 5.41) is 13.5. The predicted molar refractivity (Wildman–Crippen MR) is 122 cm³/mol. The van der Waals surface area contributed by atoms with Crippen molar-refractivity contribution in [1.29, 1.82) is 0 Å². The lowest BCUT2D eigenvalue weighted by atomic mass is 9.87. The van der Waals surface area contributed by atoms with Crippen molar-refractivity contribution in [2.45, 2.75) is 44.8 Å². The number of ether oxygens (including phenoxy) is 1. The summed E-state index contributed by atoms with van der Waals surface area (Å²) in [4.78, 5) is 36.3. The van der Waals surface area contributed by atoms with Gasteiger partial charge < -0.3 is 20.5 Å². The van der Waals surface area contributed by atoms with Crippen LogP contribution in [0.25, 0.3) is 11.1 Å². The van der Waals surface area contributed by atoms with Crippen molar-refractivity contribution in [3.8, 4) is 11.1 Å². The Kier molecular flexibility index (Phi) is 7.72. The molecule has 0 aromatic heterocycles. The van der Waals surface area contributed by atoms with Crippen molar-refractivity contribution < 1.29 is 37.4 Å². The number of aliphatic carboxylic acids is 1. The Hall–Kier alpha value is -3.56. The summed E-state index contributed by atoms with van der Waals surface area (Å²) < 4.78 is 44.5. The molecule has 0 aliphatic heterocycles. The Morgan fingerprint density at radius 3 is 2.06 bits per heavy atom. The van der Waals surface area contributed by atoms with Crippen LogP contribution in [-0.2, 0) is 14.3 Å². The lowest BCUT2D eigenvalue weighted by Gasteiger charge is -2.25. The number of carbonyl (C=O) groups is 3. The zero-order valence-electron chi connectivity index (χ0n) is 19.3. The molecule has 2 aromatic rings. The van der Waals surface area contributed by atoms with E-state index < -0.39 is 48.6 Å². The minimum absolute atomic E-state index is 0.132. The molecule has 35 heavy (non-hydrogen) atoms. The van der Waals surface area contributed by atoms with Gasteiger partial charge in [-0.1, -0.05) is 55.5 Å². The van der Waals surface area contributed by atoms with Crippen LogP contribution in [0.2, 0.25) is 0 Å². The summed E-state index contributed by atoms with van der Waals surface area (Å²) in [5.41, 5.74) is 2.48. The molecule has 0 radical (unpaired) electrons. The summed E-state index contributed by atoms with van der Waals surface area (Å²) >= 11 is 0. The van der Waals surface area contributed by atoms with Gasteiger partial charge in [-0.15, -0.1) is 0 Å². The highest BCUT2D eigenvalue weighted by Crippen LogP contribution is 2.44. The van der Waals surface area contributed by atoms with E-state index in [1.165, 1.54) is 6.92 Å². The molecule has 1 aliphatic carbocycles. The lowest BCUT2D eigenvalue weighted by Crippen LogP contribution is -2.51. The van der Waals surface area contributed by atoms with E-state index in [-0.39, 0.29) is 18.9 Å². The molecule has 0 spiro atoms. The Morgan fingerprint density at radius 2 is 1.57 bits per heavy atom. The molecule has 3 N–H and O–H groups in total. The van der Waals surface area contributed by atoms with Crippen LogP contribution in [0.15, 0.2) is 48.5 Å². The first-order valence-corrected chi connectivity index (χ1v) is 11.1. The first kappa shape index (κ1) is 26.1. The largest absolute Gasteiger partial charge is 0.481 e.